The van der Waals surface area contributed by atoms with Crippen LogP contribution < -0.4 is 5.32 Å². The van der Waals surface area contributed by atoms with Crippen LogP contribution in [0.5, 0.6) is 0 Å². The number of benzene rings is 1. The molecule has 0 spiro atoms. The Morgan fingerprint density at radius 2 is 2.18 bits per heavy atom. The van der Waals surface area contributed by atoms with E-state index >= 15 is 0 Å². The van der Waals surface area contributed by atoms with Crippen molar-refractivity contribution in [3.8, 4) is 0 Å². The molecule has 1 nitrogen and oxygen atoms in total. The fraction of sp³-hybridized carbons (Fsp3) is 0.571. The smallest absolute Gasteiger partial charge is 0.142 e. The van der Waals surface area contributed by atoms with Crippen molar-refractivity contribution in [1.29, 1.82) is 0 Å². The first-order valence-corrected chi connectivity index (χ1v) is 6.68. The molecule has 0 heterocycles. The lowest BCUT2D eigenvalue weighted by Gasteiger charge is -2.41. The van der Waals surface area contributed by atoms with Gasteiger partial charge in [0.25, 0.3) is 0 Å². The van der Waals surface area contributed by atoms with Gasteiger partial charge in [-0.2, -0.15) is 0 Å². The van der Waals surface area contributed by atoms with Gasteiger partial charge in [0, 0.05) is 13.1 Å². The molecular formula is C14H19ClFN. The molecule has 1 aromatic carbocycles. The van der Waals surface area contributed by atoms with E-state index in [9.17, 15) is 4.39 Å². The number of halogens is 2. The highest BCUT2D eigenvalue weighted by Gasteiger charge is 2.34. The molecule has 1 aromatic rings. The first-order chi connectivity index (χ1) is 8.15. The lowest BCUT2D eigenvalue weighted by Crippen LogP contribution is -2.39. The van der Waals surface area contributed by atoms with E-state index in [-0.39, 0.29) is 10.8 Å². The van der Waals surface area contributed by atoms with Crippen LogP contribution in [-0.2, 0) is 6.54 Å². The normalized spacial score (nSPS) is 17.8. The van der Waals surface area contributed by atoms with E-state index in [1.165, 1.54) is 31.7 Å². The van der Waals surface area contributed by atoms with Crippen molar-refractivity contribution in [2.45, 2.75) is 39.2 Å². The molecule has 0 unspecified atom stereocenters. The summed E-state index contributed by atoms with van der Waals surface area (Å²) in [6.45, 7) is 4.01. The molecule has 1 aliphatic rings. The summed E-state index contributed by atoms with van der Waals surface area (Å²) in [7, 11) is 0. The molecular weight excluding hydrogens is 237 g/mol. The molecule has 0 bridgehead atoms. The average Bonchev–Trinajstić information content (AvgIpc) is 2.27. The number of rotatable bonds is 5. The van der Waals surface area contributed by atoms with Crippen LogP contribution in [0, 0.1) is 11.2 Å². The zero-order chi connectivity index (χ0) is 12.3. The van der Waals surface area contributed by atoms with E-state index < -0.39 is 0 Å². The summed E-state index contributed by atoms with van der Waals surface area (Å²) in [5.74, 6) is -0.334. The molecule has 1 N–H and O–H groups in total. The first-order valence-electron chi connectivity index (χ1n) is 6.30. The monoisotopic (exact) mass is 255 g/mol. The molecule has 1 aliphatic carbocycles. The van der Waals surface area contributed by atoms with Crippen molar-refractivity contribution in [3.05, 3.63) is 34.6 Å². The van der Waals surface area contributed by atoms with E-state index in [1.54, 1.807) is 6.07 Å². The number of hydrogen-bond donors (Lipinski definition) is 1. The average molecular weight is 256 g/mol. The molecule has 1 saturated carbocycles. The SMILES string of the molecule is CCC1(CNCc2ccc(Cl)c(F)c2)CCC1. The fourth-order valence-corrected chi connectivity index (χ4v) is 2.57. The van der Waals surface area contributed by atoms with E-state index in [2.05, 4.69) is 12.2 Å². The Morgan fingerprint density at radius 3 is 2.71 bits per heavy atom. The summed E-state index contributed by atoms with van der Waals surface area (Å²) in [5, 5.41) is 3.62. The molecule has 0 radical (unpaired) electrons. The molecule has 94 valence electrons. The van der Waals surface area contributed by atoms with Crippen LogP contribution in [0.15, 0.2) is 18.2 Å². The Balaban J connectivity index is 1.83. The van der Waals surface area contributed by atoms with Crippen LogP contribution in [0.3, 0.4) is 0 Å². The maximum Gasteiger partial charge on any atom is 0.142 e. The van der Waals surface area contributed by atoms with Gasteiger partial charge >= 0.3 is 0 Å². The van der Waals surface area contributed by atoms with Gasteiger partial charge in [-0.05, 0) is 42.4 Å². The van der Waals surface area contributed by atoms with Crippen LogP contribution in [0.25, 0.3) is 0 Å². The summed E-state index contributed by atoms with van der Waals surface area (Å²) < 4.78 is 13.2. The Kier molecular flexibility index (Phi) is 4.05. The van der Waals surface area contributed by atoms with Crippen LogP contribution >= 0.6 is 11.6 Å². The van der Waals surface area contributed by atoms with E-state index in [4.69, 9.17) is 11.6 Å². The molecule has 0 amide bonds. The van der Waals surface area contributed by atoms with Crippen LogP contribution in [0.2, 0.25) is 5.02 Å². The van der Waals surface area contributed by atoms with Crippen molar-refractivity contribution in [1.82, 2.24) is 5.32 Å². The number of hydrogen-bond acceptors (Lipinski definition) is 1. The predicted octanol–water partition coefficient (Wildman–Crippen LogP) is 4.15. The standard InChI is InChI=1S/C14H19ClFN/c1-2-14(6-3-7-14)10-17-9-11-4-5-12(15)13(16)8-11/h4-5,8,17H,2-3,6-7,9-10H2,1H3. The Morgan fingerprint density at radius 1 is 1.41 bits per heavy atom. The molecule has 0 atom stereocenters. The lowest BCUT2D eigenvalue weighted by molar-refractivity contribution is 0.124. The van der Waals surface area contributed by atoms with Crippen molar-refractivity contribution in [2.24, 2.45) is 5.41 Å². The molecule has 0 aromatic heterocycles. The molecule has 0 aliphatic heterocycles. The Labute approximate surface area is 107 Å². The van der Waals surface area contributed by atoms with Gasteiger partial charge in [-0.3, -0.25) is 0 Å². The zero-order valence-electron chi connectivity index (χ0n) is 10.2. The third-order valence-corrected chi connectivity index (χ3v) is 4.28. The molecule has 1 fully saturated rings. The summed E-state index contributed by atoms with van der Waals surface area (Å²) in [5.41, 5.74) is 1.46. The van der Waals surface area contributed by atoms with E-state index in [0.29, 0.717) is 5.41 Å². The van der Waals surface area contributed by atoms with Gasteiger partial charge in [0.1, 0.15) is 5.82 Å². The first kappa shape index (κ1) is 12.8. The van der Waals surface area contributed by atoms with Crippen LogP contribution in [0.1, 0.15) is 38.2 Å². The quantitative estimate of drug-likeness (QED) is 0.834. The summed E-state index contributed by atoms with van der Waals surface area (Å²) in [6.07, 6.45) is 5.23. The molecule has 3 heteroatoms. The summed E-state index contributed by atoms with van der Waals surface area (Å²) in [6, 6.07) is 5.00. The van der Waals surface area contributed by atoms with Crippen molar-refractivity contribution in [2.75, 3.05) is 6.54 Å². The van der Waals surface area contributed by atoms with Crippen molar-refractivity contribution < 1.29 is 4.39 Å². The third kappa shape index (κ3) is 2.99. The van der Waals surface area contributed by atoms with Crippen LogP contribution in [-0.4, -0.2) is 6.54 Å². The molecule has 0 saturated heterocycles. The molecule has 17 heavy (non-hydrogen) atoms. The largest absolute Gasteiger partial charge is 0.312 e. The highest BCUT2D eigenvalue weighted by atomic mass is 35.5. The fourth-order valence-electron chi connectivity index (χ4n) is 2.45. The summed E-state index contributed by atoms with van der Waals surface area (Å²) >= 11 is 5.65. The van der Waals surface area contributed by atoms with Gasteiger partial charge < -0.3 is 5.32 Å². The van der Waals surface area contributed by atoms with Crippen molar-refractivity contribution >= 4 is 11.6 Å². The summed E-state index contributed by atoms with van der Waals surface area (Å²) in [4.78, 5) is 0. The second-order valence-electron chi connectivity index (χ2n) is 5.06. The topological polar surface area (TPSA) is 12.0 Å². The minimum Gasteiger partial charge on any atom is -0.312 e. The minimum atomic E-state index is -0.334. The maximum atomic E-state index is 13.2. The van der Waals surface area contributed by atoms with E-state index in [0.717, 1.165) is 18.7 Å². The highest BCUT2D eigenvalue weighted by Crippen LogP contribution is 2.43. The second-order valence-corrected chi connectivity index (χ2v) is 5.47. The van der Waals surface area contributed by atoms with Crippen LogP contribution in [0.4, 0.5) is 4.39 Å². The zero-order valence-corrected chi connectivity index (χ0v) is 11.0. The predicted molar refractivity (Wildman–Crippen MR) is 69.7 cm³/mol. The highest BCUT2D eigenvalue weighted by molar-refractivity contribution is 6.30. The Hall–Kier alpha value is -0.600. The number of nitrogens with one attached hydrogen (secondary N) is 1. The Bertz CT molecular complexity index is 382. The van der Waals surface area contributed by atoms with Gasteiger partial charge in [0.15, 0.2) is 0 Å². The van der Waals surface area contributed by atoms with Gasteiger partial charge in [-0.25, -0.2) is 4.39 Å². The van der Waals surface area contributed by atoms with Gasteiger partial charge in [0.05, 0.1) is 5.02 Å². The second kappa shape index (κ2) is 5.36. The third-order valence-electron chi connectivity index (χ3n) is 3.98. The lowest BCUT2D eigenvalue weighted by atomic mass is 9.67. The van der Waals surface area contributed by atoms with Gasteiger partial charge in [-0.1, -0.05) is 31.0 Å². The molecule has 2 rings (SSSR count). The minimum absolute atomic E-state index is 0.192. The van der Waals surface area contributed by atoms with Gasteiger partial charge in [0.2, 0.25) is 0 Å². The maximum absolute atomic E-state index is 13.2. The van der Waals surface area contributed by atoms with E-state index in [1.807, 2.05) is 6.07 Å². The van der Waals surface area contributed by atoms with Crippen molar-refractivity contribution in [3.63, 3.8) is 0 Å². The van der Waals surface area contributed by atoms with Gasteiger partial charge in [-0.15, -0.1) is 0 Å².